The van der Waals surface area contributed by atoms with E-state index in [2.05, 4.69) is 0 Å². The van der Waals surface area contributed by atoms with Crippen molar-refractivity contribution in [3.8, 4) is 0 Å². The van der Waals surface area contributed by atoms with Crippen molar-refractivity contribution >= 4 is 81.2 Å². The fraction of sp³-hybridized carbons (Fsp3) is 0.667. The molecule has 0 aliphatic rings. The lowest BCUT2D eigenvalue weighted by atomic mass is 10.2. The minimum Gasteiger partial charge on any atom is -0.119 e. The van der Waals surface area contributed by atoms with E-state index in [0.717, 1.165) is 0 Å². The van der Waals surface area contributed by atoms with Crippen molar-refractivity contribution < 1.29 is 0 Å². The maximum Gasteiger partial charge on any atom is 0.208 e. The van der Waals surface area contributed by atoms with Gasteiger partial charge in [0.15, 0.2) is 0 Å². The number of hydrogen-bond donors (Lipinski definition) is 0. The normalized spacial score (nSPS) is 20.2. The van der Waals surface area contributed by atoms with Gasteiger partial charge in [-0.3, -0.25) is 0 Å². The van der Waals surface area contributed by atoms with E-state index in [0.29, 0.717) is 0 Å². The third-order valence-electron chi connectivity index (χ3n) is 1.15. The van der Waals surface area contributed by atoms with Gasteiger partial charge in [0.1, 0.15) is 0 Å². The Hall–Kier alpha value is 1.77. The predicted molar refractivity (Wildman–Crippen MR) is 64.2 cm³/mol. The van der Waals surface area contributed by atoms with E-state index in [1.807, 2.05) is 0 Å². The highest BCUT2D eigenvalue weighted by atomic mass is 35.6. The first-order valence-electron chi connectivity index (χ1n) is 3.06. The molecule has 0 aromatic rings. The lowest BCUT2D eigenvalue weighted by Gasteiger charge is -2.24. The summed E-state index contributed by atoms with van der Waals surface area (Å²) >= 11 is 39.2. The van der Waals surface area contributed by atoms with Gasteiger partial charge in [0.05, 0.1) is 16.1 Å². The van der Waals surface area contributed by atoms with Crippen molar-refractivity contribution in [2.45, 2.75) is 19.9 Å². The van der Waals surface area contributed by atoms with Gasteiger partial charge < -0.3 is 0 Å². The summed E-state index contributed by atoms with van der Waals surface area (Å²) in [4.78, 5) is 0. The van der Waals surface area contributed by atoms with Gasteiger partial charge in [-0.2, -0.15) is 0 Å². The average Bonchev–Trinajstić information content (AvgIpc) is 2.00. The zero-order chi connectivity index (χ0) is 10.6. The van der Waals surface area contributed by atoms with Crippen LogP contribution in [0, 0.1) is 0 Å². The molecule has 0 bridgehead atoms. The van der Waals surface area contributed by atoms with E-state index < -0.39 is 19.9 Å². The first kappa shape index (κ1) is 14.8. The number of allylic oxidation sites excluding steroid dienone is 1. The summed E-state index contributed by atoms with van der Waals surface area (Å²) < 4.78 is -1.65. The maximum absolute atomic E-state index is 5.82. The van der Waals surface area contributed by atoms with E-state index in [1.165, 1.54) is 11.6 Å². The molecule has 0 fully saturated rings. The number of hydrogen-bond acceptors (Lipinski definition) is 0. The first-order chi connectivity index (χ1) is 5.80. The van der Waals surface area contributed by atoms with Crippen molar-refractivity contribution in [1.82, 2.24) is 0 Å². The second-order valence-corrected chi connectivity index (χ2v) is 6.25. The van der Waals surface area contributed by atoms with E-state index in [4.69, 9.17) is 81.2 Å². The van der Waals surface area contributed by atoms with Crippen molar-refractivity contribution in [2.75, 3.05) is 0 Å². The second-order valence-electron chi connectivity index (χ2n) is 2.15. The first-order valence-corrected chi connectivity index (χ1v) is 5.94. The standard InChI is InChI=1S/C6H5Cl7/c7-2-1-3(8)4(9)5(10)6(11,12)13/h1-5H/b2-1-. The highest BCUT2D eigenvalue weighted by Crippen LogP contribution is 2.39. The summed E-state index contributed by atoms with van der Waals surface area (Å²) in [6.07, 6.45) is 1.45. The molecule has 0 spiro atoms. The van der Waals surface area contributed by atoms with E-state index in [9.17, 15) is 0 Å². The van der Waals surface area contributed by atoms with Gasteiger partial charge in [0.2, 0.25) is 3.79 Å². The monoisotopic (exact) mass is 322 g/mol. The summed E-state index contributed by atoms with van der Waals surface area (Å²) in [7, 11) is 0. The maximum atomic E-state index is 5.82. The lowest BCUT2D eigenvalue weighted by Crippen LogP contribution is -2.34. The molecule has 0 aliphatic heterocycles. The third-order valence-corrected chi connectivity index (χ3v) is 4.14. The molecule has 0 radical (unpaired) electrons. The van der Waals surface area contributed by atoms with Crippen LogP contribution in [0.25, 0.3) is 0 Å². The summed E-state index contributed by atoms with van der Waals surface area (Å²) in [6, 6.07) is 0. The third kappa shape index (κ3) is 5.41. The molecule has 3 unspecified atom stereocenters. The zero-order valence-electron chi connectivity index (χ0n) is 6.03. The molecule has 0 aliphatic carbocycles. The van der Waals surface area contributed by atoms with Gasteiger partial charge in [-0.15, -0.1) is 34.8 Å². The highest BCUT2D eigenvalue weighted by Gasteiger charge is 2.38. The molecule has 13 heavy (non-hydrogen) atoms. The van der Waals surface area contributed by atoms with Gasteiger partial charge in [0.25, 0.3) is 0 Å². The van der Waals surface area contributed by atoms with Crippen LogP contribution in [0.5, 0.6) is 0 Å². The highest BCUT2D eigenvalue weighted by molar-refractivity contribution is 6.70. The van der Waals surface area contributed by atoms with E-state index >= 15 is 0 Å². The molecule has 7 heteroatoms. The Labute approximate surface area is 112 Å². The van der Waals surface area contributed by atoms with E-state index in [1.54, 1.807) is 0 Å². The fourth-order valence-electron chi connectivity index (χ4n) is 0.518. The van der Waals surface area contributed by atoms with Crippen molar-refractivity contribution in [3.05, 3.63) is 11.6 Å². The molecular weight excluding hydrogens is 320 g/mol. The van der Waals surface area contributed by atoms with Gasteiger partial charge in [-0.1, -0.05) is 52.5 Å². The number of rotatable bonds is 3. The second kappa shape index (κ2) is 6.37. The SMILES string of the molecule is Cl/C=C\C(Cl)C(Cl)C(Cl)C(Cl)(Cl)Cl. The minimum atomic E-state index is -1.65. The van der Waals surface area contributed by atoms with Crippen molar-refractivity contribution in [3.63, 3.8) is 0 Å². The van der Waals surface area contributed by atoms with Crippen LogP contribution in [0.1, 0.15) is 0 Å². The Morgan fingerprint density at radius 3 is 1.77 bits per heavy atom. The van der Waals surface area contributed by atoms with Gasteiger partial charge in [0, 0.05) is 5.54 Å². The predicted octanol–water partition coefficient (Wildman–Crippen LogP) is 4.93. The molecule has 3 atom stereocenters. The van der Waals surface area contributed by atoms with Crippen LogP contribution in [0.2, 0.25) is 0 Å². The lowest BCUT2D eigenvalue weighted by molar-refractivity contribution is 0.792. The van der Waals surface area contributed by atoms with Crippen molar-refractivity contribution in [1.29, 1.82) is 0 Å². The zero-order valence-corrected chi connectivity index (χ0v) is 11.3. The summed E-state index contributed by atoms with van der Waals surface area (Å²) in [5.41, 5.74) is 1.23. The number of alkyl halides is 6. The largest absolute Gasteiger partial charge is 0.208 e. The Kier molecular flexibility index (Phi) is 7.24. The molecule has 0 heterocycles. The minimum absolute atomic E-state index is 0.586. The van der Waals surface area contributed by atoms with E-state index in [-0.39, 0.29) is 0 Å². The quantitative estimate of drug-likeness (QED) is 0.645. The van der Waals surface area contributed by atoms with Crippen LogP contribution in [0.3, 0.4) is 0 Å². The molecule has 0 saturated heterocycles. The van der Waals surface area contributed by atoms with Crippen LogP contribution >= 0.6 is 81.2 Å². The Morgan fingerprint density at radius 1 is 1.00 bits per heavy atom. The van der Waals surface area contributed by atoms with Crippen molar-refractivity contribution in [2.24, 2.45) is 0 Å². The van der Waals surface area contributed by atoms with Gasteiger partial charge in [-0.25, -0.2) is 0 Å². The van der Waals surface area contributed by atoms with Crippen LogP contribution in [0.15, 0.2) is 11.6 Å². The molecule has 0 nitrogen and oxygen atoms in total. The fourth-order valence-corrected chi connectivity index (χ4v) is 2.07. The molecule has 0 N–H and O–H groups in total. The average molecular weight is 325 g/mol. The van der Waals surface area contributed by atoms with Crippen LogP contribution in [-0.2, 0) is 0 Å². The molecule has 0 rings (SSSR count). The van der Waals surface area contributed by atoms with Crippen LogP contribution in [-0.4, -0.2) is 19.9 Å². The van der Waals surface area contributed by atoms with Gasteiger partial charge in [-0.05, 0) is 0 Å². The smallest absolute Gasteiger partial charge is 0.119 e. The Bertz CT molecular complexity index is 172. The summed E-state index contributed by atoms with van der Waals surface area (Å²) in [5.74, 6) is 0. The molecular formula is C6H5Cl7. The summed E-state index contributed by atoms with van der Waals surface area (Å²) in [6.45, 7) is 0. The Morgan fingerprint density at radius 2 is 1.46 bits per heavy atom. The Balaban J connectivity index is 4.33. The van der Waals surface area contributed by atoms with Crippen LogP contribution in [0.4, 0.5) is 0 Å². The molecule has 78 valence electrons. The molecule has 0 saturated carbocycles. The van der Waals surface area contributed by atoms with Crippen LogP contribution < -0.4 is 0 Å². The molecule has 0 aromatic heterocycles. The molecule has 0 aromatic carbocycles. The summed E-state index contributed by atoms with van der Waals surface area (Å²) in [5, 5.41) is -2.20. The van der Waals surface area contributed by atoms with Gasteiger partial charge >= 0.3 is 0 Å². The number of halogens is 7. The molecule has 0 amide bonds. The topological polar surface area (TPSA) is 0 Å².